The van der Waals surface area contributed by atoms with Gasteiger partial charge in [0, 0.05) is 19.3 Å². The molecule has 6 heteroatoms. The molecule has 0 aromatic rings. The predicted molar refractivity (Wildman–Crippen MR) is 289 cm³/mol. The Morgan fingerprint density at radius 1 is 0.299 bits per heavy atom. The molecule has 0 aliphatic carbocycles. The SMILES string of the molecule is CCC(C)CCCCCCCCCCCCCCCCCCCCC(=O)O[C@@H](COC(=O)CCCCCCCCCCCCCCCCC(C)C)COC(=O)CCCCCCCCC(C)CC. The first kappa shape index (κ1) is 65.4. The predicted octanol–water partition coefficient (Wildman–Crippen LogP) is 19.9. The highest BCUT2D eigenvalue weighted by atomic mass is 16.6. The first-order valence-electron chi connectivity index (χ1n) is 30.2. The maximum atomic E-state index is 12.9. The summed E-state index contributed by atoms with van der Waals surface area (Å²) in [6.07, 6.45) is 55.3. The van der Waals surface area contributed by atoms with E-state index in [0.717, 1.165) is 75.5 Å². The molecular weight excluding hydrogens is 829 g/mol. The molecule has 3 atom stereocenters. The molecule has 0 saturated carbocycles. The average molecular weight is 948 g/mol. The lowest BCUT2D eigenvalue weighted by atomic mass is 9.99. The van der Waals surface area contributed by atoms with Gasteiger partial charge in [0.1, 0.15) is 13.2 Å². The Labute approximate surface area is 418 Å². The highest BCUT2D eigenvalue weighted by molar-refractivity contribution is 5.71. The van der Waals surface area contributed by atoms with Gasteiger partial charge in [0.2, 0.25) is 0 Å². The van der Waals surface area contributed by atoms with Crippen LogP contribution in [0.2, 0.25) is 0 Å². The summed E-state index contributed by atoms with van der Waals surface area (Å²) in [5, 5.41) is 0. The smallest absolute Gasteiger partial charge is 0.306 e. The molecule has 0 heterocycles. The quantitative estimate of drug-likeness (QED) is 0.0343. The number of carbonyl (C=O) groups excluding carboxylic acids is 3. The molecular formula is C61H118O6. The fourth-order valence-electron chi connectivity index (χ4n) is 9.29. The third-order valence-electron chi connectivity index (χ3n) is 14.6. The molecule has 0 spiro atoms. The van der Waals surface area contributed by atoms with Crippen LogP contribution in [0, 0.1) is 17.8 Å². The molecule has 67 heavy (non-hydrogen) atoms. The van der Waals surface area contributed by atoms with E-state index in [1.165, 1.54) is 218 Å². The summed E-state index contributed by atoms with van der Waals surface area (Å²) in [6, 6.07) is 0. The lowest BCUT2D eigenvalue weighted by Gasteiger charge is -2.18. The molecule has 0 aliphatic heterocycles. The molecule has 0 saturated heterocycles. The summed E-state index contributed by atoms with van der Waals surface area (Å²) in [5.41, 5.74) is 0. The van der Waals surface area contributed by atoms with Crippen LogP contribution in [-0.4, -0.2) is 37.2 Å². The second kappa shape index (κ2) is 52.2. The van der Waals surface area contributed by atoms with Crippen LogP contribution in [-0.2, 0) is 28.6 Å². The minimum Gasteiger partial charge on any atom is -0.462 e. The maximum Gasteiger partial charge on any atom is 0.306 e. The number of ether oxygens (including phenoxy) is 3. The minimum atomic E-state index is -0.764. The average Bonchev–Trinajstić information content (AvgIpc) is 3.31. The third kappa shape index (κ3) is 52.1. The van der Waals surface area contributed by atoms with Gasteiger partial charge in [-0.1, -0.05) is 298 Å². The summed E-state index contributed by atoms with van der Waals surface area (Å²) in [5.74, 6) is 1.72. The van der Waals surface area contributed by atoms with E-state index in [0.29, 0.717) is 19.3 Å². The van der Waals surface area contributed by atoms with Crippen molar-refractivity contribution in [3.63, 3.8) is 0 Å². The monoisotopic (exact) mass is 947 g/mol. The van der Waals surface area contributed by atoms with Gasteiger partial charge >= 0.3 is 17.9 Å². The lowest BCUT2D eigenvalue weighted by Crippen LogP contribution is -2.30. The van der Waals surface area contributed by atoms with E-state index in [-0.39, 0.29) is 31.1 Å². The van der Waals surface area contributed by atoms with E-state index in [9.17, 15) is 14.4 Å². The molecule has 0 aromatic carbocycles. The Kier molecular flexibility index (Phi) is 51.0. The number of esters is 3. The fourth-order valence-corrected chi connectivity index (χ4v) is 9.29. The largest absolute Gasteiger partial charge is 0.462 e. The van der Waals surface area contributed by atoms with Crippen LogP contribution in [0.4, 0.5) is 0 Å². The van der Waals surface area contributed by atoms with Gasteiger partial charge in [-0.05, 0) is 37.0 Å². The molecule has 0 aromatic heterocycles. The van der Waals surface area contributed by atoms with Gasteiger partial charge in [0.15, 0.2) is 6.10 Å². The zero-order chi connectivity index (χ0) is 49.1. The van der Waals surface area contributed by atoms with Crippen LogP contribution >= 0.6 is 0 Å². The molecule has 0 amide bonds. The Bertz CT molecular complexity index is 1040. The van der Waals surface area contributed by atoms with Gasteiger partial charge in [-0.15, -0.1) is 0 Å². The van der Waals surface area contributed by atoms with E-state index >= 15 is 0 Å². The minimum absolute atomic E-state index is 0.0640. The molecule has 0 N–H and O–H groups in total. The summed E-state index contributed by atoms with van der Waals surface area (Å²) in [4.78, 5) is 38.1. The number of rotatable bonds is 54. The number of carbonyl (C=O) groups is 3. The number of hydrogen-bond donors (Lipinski definition) is 0. The summed E-state index contributed by atoms with van der Waals surface area (Å²) >= 11 is 0. The Morgan fingerprint density at radius 3 is 0.776 bits per heavy atom. The van der Waals surface area contributed by atoms with Crippen molar-refractivity contribution in [3.8, 4) is 0 Å². The van der Waals surface area contributed by atoms with Crippen molar-refractivity contribution in [1.29, 1.82) is 0 Å². The van der Waals surface area contributed by atoms with Crippen LogP contribution in [0.5, 0.6) is 0 Å². The van der Waals surface area contributed by atoms with E-state index in [4.69, 9.17) is 14.2 Å². The highest BCUT2D eigenvalue weighted by Crippen LogP contribution is 2.19. The normalized spacial score (nSPS) is 12.9. The van der Waals surface area contributed by atoms with E-state index in [1.807, 2.05) is 0 Å². The van der Waals surface area contributed by atoms with Crippen molar-refractivity contribution >= 4 is 17.9 Å². The van der Waals surface area contributed by atoms with Crippen molar-refractivity contribution in [1.82, 2.24) is 0 Å². The molecule has 6 nitrogen and oxygen atoms in total. The Morgan fingerprint density at radius 2 is 0.522 bits per heavy atom. The maximum absolute atomic E-state index is 12.9. The first-order valence-corrected chi connectivity index (χ1v) is 30.2. The van der Waals surface area contributed by atoms with Gasteiger partial charge < -0.3 is 14.2 Å². The fraction of sp³-hybridized carbons (Fsp3) is 0.951. The van der Waals surface area contributed by atoms with E-state index < -0.39 is 6.10 Å². The van der Waals surface area contributed by atoms with Crippen molar-refractivity contribution in [2.24, 2.45) is 17.8 Å². The Balaban J connectivity index is 4.22. The molecule has 398 valence electrons. The summed E-state index contributed by atoms with van der Waals surface area (Å²) in [7, 11) is 0. The Hall–Kier alpha value is -1.59. The van der Waals surface area contributed by atoms with Crippen LogP contribution in [0.1, 0.15) is 337 Å². The summed E-state index contributed by atoms with van der Waals surface area (Å²) in [6.45, 7) is 13.8. The van der Waals surface area contributed by atoms with Gasteiger partial charge in [0.05, 0.1) is 0 Å². The zero-order valence-electron chi connectivity index (χ0n) is 46.2. The first-order chi connectivity index (χ1) is 32.7. The van der Waals surface area contributed by atoms with E-state index in [2.05, 4.69) is 41.5 Å². The van der Waals surface area contributed by atoms with Crippen LogP contribution in [0.25, 0.3) is 0 Å². The van der Waals surface area contributed by atoms with Crippen molar-refractivity contribution in [2.75, 3.05) is 13.2 Å². The topological polar surface area (TPSA) is 78.9 Å². The zero-order valence-corrected chi connectivity index (χ0v) is 46.2. The molecule has 0 radical (unpaired) electrons. The second-order valence-electron chi connectivity index (χ2n) is 21.9. The van der Waals surface area contributed by atoms with Crippen LogP contribution in [0.3, 0.4) is 0 Å². The molecule has 2 unspecified atom stereocenters. The van der Waals surface area contributed by atoms with Gasteiger partial charge in [-0.2, -0.15) is 0 Å². The standard InChI is InChI=1S/C61H118O6/c1-7-56(5)48-42-36-30-26-22-18-13-11-9-10-12-14-20-24-28-32-40-46-52-61(64)67-58(54-66-60(63)51-45-39-34-33-37-43-49-57(6)8-2)53-65-59(62)50-44-38-31-27-23-19-16-15-17-21-25-29-35-41-47-55(3)4/h55-58H,7-54H2,1-6H3/t56?,57?,58-/m0/s1. The van der Waals surface area contributed by atoms with Crippen LogP contribution < -0.4 is 0 Å². The van der Waals surface area contributed by atoms with Crippen molar-refractivity contribution < 1.29 is 28.6 Å². The lowest BCUT2D eigenvalue weighted by molar-refractivity contribution is -0.167. The van der Waals surface area contributed by atoms with Gasteiger partial charge in [-0.3, -0.25) is 14.4 Å². The van der Waals surface area contributed by atoms with Gasteiger partial charge in [0.25, 0.3) is 0 Å². The molecule has 0 bridgehead atoms. The molecule has 0 aliphatic rings. The number of unbranched alkanes of at least 4 members (excludes halogenated alkanes) is 35. The number of hydrogen-bond acceptors (Lipinski definition) is 6. The van der Waals surface area contributed by atoms with Crippen molar-refractivity contribution in [2.45, 2.75) is 343 Å². The molecule has 0 rings (SSSR count). The van der Waals surface area contributed by atoms with E-state index in [1.54, 1.807) is 0 Å². The van der Waals surface area contributed by atoms with Gasteiger partial charge in [-0.25, -0.2) is 0 Å². The molecule has 0 fully saturated rings. The summed E-state index contributed by atoms with van der Waals surface area (Å²) < 4.78 is 16.9. The highest BCUT2D eigenvalue weighted by Gasteiger charge is 2.19. The van der Waals surface area contributed by atoms with Crippen molar-refractivity contribution in [3.05, 3.63) is 0 Å². The third-order valence-corrected chi connectivity index (χ3v) is 14.6. The second-order valence-corrected chi connectivity index (χ2v) is 21.9. The van der Waals surface area contributed by atoms with Crippen LogP contribution in [0.15, 0.2) is 0 Å².